The van der Waals surface area contributed by atoms with Gasteiger partial charge in [0.2, 0.25) is 0 Å². The minimum atomic E-state index is -1.40. The third-order valence-corrected chi connectivity index (χ3v) is 5.04. The van der Waals surface area contributed by atoms with Gasteiger partial charge in [-0.15, -0.1) is 0 Å². The molecular weight excluding hydrogens is 474 g/mol. The largest absolute Gasteiger partial charge is 0.513 e. The number of hydrogen-bond donors (Lipinski definition) is 2. The van der Waals surface area contributed by atoms with Gasteiger partial charge >= 0.3 is 24.2 Å². The number of carboxylic acids is 1. The van der Waals surface area contributed by atoms with Crippen LogP contribution in [-0.2, 0) is 19.0 Å². The van der Waals surface area contributed by atoms with Gasteiger partial charge in [0, 0.05) is 5.92 Å². The Morgan fingerprint density at radius 3 is 2.00 bits per heavy atom. The van der Waals surface area contributed by atoms with Crippen LogP contribution in [0.15, 0.2) is 48.5 Å². The summed E-state index contributed by atoms with van der Waals surface area (Å²) >= 11 is 0. The van der Waals surface area contributed by atoms with Crippen LogP contribution in [0, 0.1) is 5.92 Å². The number of carbonyl (C=O) groups is 4. The van der Waals surface area contributed by atoms with E-state index in [0.29, 0.717) is 11.1 Å². The quantitative estimate of drug-likeness (QED) is 0.261. The molecule has 0 saturated heterocycles. The van der Waals surface area contributed by atoms with E-state index in [-0.39, 0.29) is 31.3 Å². The molecule has 11 nitrogen and oxygen atoms in total. The van der Waals surface area contributed by atoms with Gasteiger partial charge in [0.05, 0.1) is 25.4 Å². The summed E-state index contributed by atoms with van der Waals surface area (Å²) in [5.41, 5.74) is 6.67. The first-order valence-electron chi connectivity index (χ1n) is 11.2. The maximum atomic E-state index is 12.3. The molecule has 194 valence electrons. The predicted octanol–water partition coefficient (Wildman–Crippen LogP) is 3.75. The van der Waals surface area contributed by atoms with E-state index in [4.69, 9.17) is 29.4 Å². The van der Waals surface area contributed by atoms with Crippen LogP contribution < -0.4 is 15.2 Å². The molecule has 0 aromatic heterocycles. The van der Waals surface area contributed by atoms with Crippen molar-refractivity contribution in [2.24, 2.45) is 11.7 Å². The number of carbonyl (C=O) groups excluding carboxylic acids is 3. The Morgan fingerprint density at radius 2 is 1.44 bits per heavy atom. The number of carboxylic acid groups (broad SMARTS) is 1. The van der Waals surface area contributed by atoms with Gasteiger partial charge in [-0.25, -0.2) is 14.4 Å². The normalized spacial score (nSPS) is 13.0. The van der Waals surface area contributed by atoms with Gasteiger partial charge in [0.25, 0.3) is 0 Å². The van der Waals surface area contributed by atoms with Crippen molar-refractivity contribution in [3.8, 4) is 11.5 Å². The van der Waals surface area contributed by atoms with Crippen molar-refractivity contribution in [2.75, 3.05) is 19.8 Å². The molecule has 0 amide bonds. The second-order valence-corrected chi connectivity index (χ2v) is 7.61. The summed E-state index contributed by atoms with van der Waals surface area (Å²) in [5.74, 6) is -3.69. The minimum absolute atomic E-state index is 0.0307. The fourth-order valence-electron chi connectivity index (χ4n) is 3.38. The lowest BCUT2D eigenvalue weighted by atomic mass is 9.82. The van der Waals surface area contributed by atoms with Crippen LogP contribution in [0.4, 0.5) is 9.59 Å². The van der Waals surface area contributed by atoms with Crippen LogP contribution in [0.1, 0.15) is 42.6 Å². The van der Waals surface area contributed by atoms with Gasteiger partial charge in [0.1, 0.15) is 6.04 Å². The molecule has 0 bridgehead atoms. The van der Waals surface area contributed by atoms with Crippen molar-refractivity contribution in [1.29, 1.82) is 0 Å². The van der Waals surface area contributed by atoms with E-state index in [1.165, 1.54) is 18.2 Å². The van der Waals surface area contributed by atoms with Crippen LogP contribution >= 0.6 is 0 Å². The first-order chi connectivity index (χ1) is 17.2. The monoisotopic (exact) mass is 503 g/mol. The van der Waals surface area contributed by atoms with E-state index in [1.807, 2.05) is 0 Å². The highest BCUT2D eigenvalue weighted by Crippen LogP contribution is 2.36. The van der Waals surface area contributed by atoms with E-state index >= 15 is 0 Å². The maximum Gasteiger partial charge on any atom is 0.513 e. The van der Waals surface area contributed by atoms with Crippen molar-refractivity contribution in [3.05, 3.63) is 59.7 Å². The number of nitrogens with two attached hydrogens (primary N) is 1. The third kappa shape index (κ3) is 7.98. The highest BCUT2D eigenvalue weighted by Gasteiger charge is 2.33. The molecule has 0 aliphatic heterocycles. The van der Waals surface area contributed by atoms with Gasteiger partial charge in [-0.3, -0.25) is 4.79 Å². The standard InChI is InChI=1S/C25H29NO10/c1-4-32-24(30)35-18-12-11-17(13-19(18)36-25(31)33-5-2)20(21(26)22(27)28)15(3)14-34-23(29)16-9-7-6-8-10-16/h6-13,15,20-21H,4-5,14,26H2,1-3H3,(H,27,28)/t15?,20?,21-/m0/s1. The predicted molar refractivity (Wildman–Crippen MR) is 126 cm³/mol. The van der Waals surface area contributed by atoms with Crippen molar-refractivity contribution < 1.29 is 48.0 Å². The minimum Gasteiger partial charge on any atom is -0.480 e. The molecule has 2 rings (SSSR count). The van der Waals surface area contributed by atoms with E-state index < -0.39 is 42.1 Å². The summed E-state index contributed by atoms with van der Waals surface area (Å²) in [7, 11) is 0. The van der Waals surface area contributed by atoms with Crippen LogP contribution in [0.5, 0.6) is 11.5 Å². The smallest absolute Gasteiger partial charge is 0.480 e. The zero-order valence-corrected chi connectivity index (χ0v) is 20.2. The zero-order valence-electron chi connectivity index (χ0n) is 20.2. The molecule has 2 aromatic rings. The van der Waals surface area contributed by atoms with Gasteiger partial charge in [-0.2, -0.15) is 0 Å². The molecule has 0 aliphatic rings. The Labute approximate surface area is 208 Å². The van der Waals surface area contributed by atoms with E-state index in [2.05, 4.69) is 0 Å². The molecule has 2 unspecified atom stereocenters. The molecule has 2 aromatic carbocycles. The Bertz CT molecular complexity index is 1060. The lowest BCUT2D eigenvalue weighted by molar-refractivity contribution is -0.139. The number of hydrogen-bond acceptors (Lipinski definition) is 10. The molecule has 11 heteroatoms. The maximum absolute atomic E-state index is 12.3. The fourth-order valence-corrected chi connectivity index (χ4v) is 3.38. The van der Waals surface area contributed by atoms with Crippen LogP contribution in [0.3, 0.4) is 0 Å². The molecule has 3 N–H and O–H groups in total. The van der Waals surface area contributed by atoms with Crippen LogP contribution in [0.25, 0.3) is 0 Å². The molecule has 3 atom stereocenters. The Hall–Kier alpha value is -4.12. The molecular formula is C25H29NO10. The Morgan fingerprint density at radius 1 is 0.861 bits per heavy atom. The van der Waals surface area contributed by atoms with Crippen molar-refractivity contribution >= 4 is 24.2 Å². The summed E-state index contributed by atoms with van der Waals surface area (Å²) in [6, 6.07) is 11.0. The molecule has 0 heterocycles. The van der Waals surface area contributed by atoms with Gasteiger partial charge in [0.15, 0.2) is 11.5 Å². The average molecular weight is 504 g/mol. The summed E-state index contributed by atoms with van der Waals surface area (Å²) in [5, 5.41) is 9.61. The molecule has 0 radical (unpaired) electrons. The van der Waals surface area contributed by atoms with Gasteiger partial charge in [-0.1, -0.05) is 31.2 Å². The molecule has 36 heavy (non-hydrogen) atoms. The third-order valence-electron chi connectivity index (χ3n) is 5.04. The summed E-state index contributed by atoms with van der Waals surface area (Å²) < 4.78 is 25.2. The Balaban J connectivity index is 2.35. The van der Waals surface area contributed by atoms with E-state index in [1.54, 1.807) is 51.1 Å². The summed E-state index contributed by atoms with van der Waals surface area (Å²) in [6.45, 7) is 4.77. The van der Waals surface area contributed by atoms with Crippen molar-refractivity contribution in [1.82, 2.24) is 0 Å². The number of benzene rings is 2. The average Bonchev–Trinajstić information content (AvgIpc) is 2.84. The SMILES string of the molecule is CCOC(=O)Oc1ccc(C(C(C)COC(=O)c2ccccc2)[C@H](N)C(=O)O)cc1OC(=O)OCC. The first kappa shape index (κ1) is 28.1. The number of aliphatic carboxylic acids is 1. The van der Waals surface area contributed by atoms with E-state index in [9.17, 15) is 24.3 Å². The van der Waals surface area contributed by atoms with E-state index in [0.717, 1.165) is 0 Å². The fraction of sp³-hybridized carbons (Fsp3) is 0.360. The second-order valence-electron chi connectivity index (χ2n) is 7.61. The molecule has 0 saturated carbocycles. The van der Waals surface area contributed by atoms with Gasteiger partial charge in [-0.05, 0) is 49.6 Å². The summed E-state index contributed by atoms with van der Waals surface area (Å²) in [6.07, 6.45) is -2.09. The molecule has 0 aliphatic carbocycles. The Kier molecular flexibility index (Phi) is 10.7. The number of ether oxygens (including phenoxy) is 5. The molecule has 0 fully saturated rings. The second kappa shape index (κ2) is 13.7. The summed E-state index contributed by atoms with van der Waals surface area (Å²) in [4.78, 5) is 47.9. The lowest BCUT2D eigenvalue weighted by Gasteiger charge is -2.28. The number of rotatable bonds is 11. The van der Waals surface area contributed by atoms with Crippen LogP contribution in [-0.4, -0.2) is 55.2 Å². The zero-order chi connectivity index (χ0) is 26.7. The number of esters is 1. The molecule has 0 spiro atoms. The topological polar surface area (TPSA) is 161 Å². The van der Waals surface area contributed by atoms with Crippen molar-refractivity contribution in [3.63, 3.8) is 0 Å². The highest BCUT2D eigenvalue weighted by atomic mass is 16.7. The first-order valence-corrected chi connectivity index (χ1v) is 11.2. The van der Waals surface area contributed by atoms with Gasteiger partial charge < -0.3 is 34.5 Å². The van der Waals surface area contributed by atoms with Crippen molar-refractivity contribution in [2.45, 2.75) is 32.7 Å². The lowest BCUT2D eigenvalue weighted by Crippen LogP contribution is -2.40. The highest BCUT2D eigenvalue weighted by molar-refractivity contribution is 5.89. The van der Waals surface area contributed by atoms with Crippen LogP contribution in [0.2, 0.25) is 0 Å².